The van der Waals surface area contributed by atoms with E-state index in [-0.39, 0.29) is 6.54 Å². The van der Waals surface area contributed by atoms with Crippen molar-refractivity contribution in [2.75, 3.05) is 11.9 Å². The van der Waals surface area contributed by atoms with E-state index in [1.807, 2.05) is 12.1 Å². The normalized spacial score (nSPS) is 11.7. The Morgan fingerprint density at radius 1 is 1.50 bits per heavy atom. The van der Waals surface area contributed by atoms with Gasteiger partial charge in [0.1, 0.15) is 0 Å². The standard InChI is InChI=1S/C11H12BrIN2O3/c1-6(10(16)17)5-14-11(18)15-9-4-7(12)2-3-8(9)13/h2-4,6H,5H2,1H3,(H,16,17)(H2,14,15,18). The van der Waals surface area contributed by atoms with Crippen LogP contribution in [0.1, 0.15) is 6.92 Å². The number of carboxylic acids is 1. The van der Waals surface area contributed by atoms with Gasteiger partial charge in [0, 0.05) is 14.6 Å². The molecular weight excluding hydrogens is 415 g/mol. The summed E-state index contributed by atoms with van der Waals surface area (Å²) in [5, 5.41) is 13.9. The Morgan fingerprint density at radius 2 is 2.17 bits per heavy atom. The van der Waals surface area contributed by atoms with Crippen molar-refractivity contribution >= 4 is 56.2 Å². The topological polar surface area (TPSA) is 78.4 Å². The third kappa shape index (κ3) is 4.81. The molecule has 0 saturated heterocycles. The van der Waals surface area contributed by atoms with Gasteiger partial charge in [0.25, 0.3) is 0 Å². The number of carbonyl (C=O) groups is 2. The average Bonchev–Trinajstić information content (AvgIpc) is 2.30. The van der Waals surface area contributed by atoms with Gasteiger partial charge in [-0.3, -0.25) is 4.79 Å². The zero-order valence-electron chi connectivity index (χ0n) is 9.54. The van der Waals surface area contributed by atoms with Gasteiger partial charge in [0.05, 0.1) is 11.6 Å². The van der Waals surface area contributed by atoms with Gasteiger partial charge in [-0.05, 0) is 40.8 Å². The number of urea groups is 1. The maximum Gasteiger partial charge on any atom is 0.319 e. The predicted octanol–water partition coefficient (Wildman–Crippen LogP) is 2.90. The van der Waals surface area contributed by atoms with Crippen molar-refractivity contribution in [1.82, 2.24) is 5.32 Å². The number of amides is 2. The van der Waals surface area contributed by atoms with Crippen LogP contribution in [0.25, 0.3) is 0 Å². The lowest BCUT2D eigenvalue weighted by atomic mass is 10.2. The smallest absolute Gasteiger partial charge is 0.319 e. The Morgan fingerprint density at radius 3 is 2.78 bits per heavy atom. The van der Waals surface area contributed by atoms with Crippen molar-refractivity contribution in [3.05, 3.63) is 26.2 Å². The van der Waals surface area contributed by atoms with Crippen LogP contribution >= 0.6 is 38.5 Å². The number of benzene rings is 1. The van der Waals surface area contributed by atoms with Crippen molar-refractivity contribution in [1.29, 1.82) is 0 Å². The molecule has 5 nitrogen and oxygen atoms in total. The minimum Gasteiger partial charge on any atom is -0.481 e. The lowest BCUT2D eigenvalue weighted by Crippen LogP contribution is -2.34. The van der Waals surface area contributed by atoms with Gasteiger partial charge in [-0.1, -0.05) is 22.9 Å². The molecule has 0 aliphatic carbocycles. The molecule has 1 rings (SSSR count). The summed E-state index contributed by atoms with van der Waals surface area (Å²) in [5.41, 5.74) is 0.672. The largest absolute Gasteiger partial charge is 0.481 e. The van der Waals surface area contributed by atoms with Gasteiger partial charge in [-0.15, -0.1) is 0 Å². The number of hydrogen-bond acceptors (Lipinski definition) is 2. The van der Waals surface area contributed by atoms with E-state index in [9.17, 15) is 9.59 Å². The zero-order chi connectivity index (χ0) is 13.7. The van der Waals surface area contributed by atoms with E-state index in [4.69, 9.17) is 5.11 Å². The van der Waals surface area contributed by atoms with Gasteiger partial charge in [-0.25, -0.2) is 4.79 Å². The number of carbonyl (C=O) groups excluding carboxylic acids is 1. The monoisotopic (exact) mass is 426 g/mol. The molecule has 0 aromatic heterocycles. The molecule has 18 heavy (non-hydrogen) atoms. The van der Waals surface area contributed by atoms with Crippen LogP contribution in [0.5, 0.6) is 0 Å². The van der Waals surface area contributed by atoms with Crippen molar-refractivity contribution in [3.63, 3.8) is 0 Å². The summed E-state index contributed by atoms with van der Waals surface area (Å²) in [6.07, 6.45) is 0. The van der Waals surface area contributed by atoms with Crippen LogP contribution in [0.3, 0.4) is 0 Å². The number of halogens is 2. The lowest BCUT2D eigenvalue weighted by molar-refractivity contribution is -0.140. The molecule has 1 aromatic carbocycles. The van der Waals surface area contributed by atoms with E-state index >= 15 is 0 Å². The van der Waals surface area contributed by atoms with Gasteiger partial charge in [0.2, 0.25) is 0 Å². The van der Waals surface area contributed by atoms with Gasteiger partial charge in [0.15, 0.2) is 0 Å². The fourth-order valence-corrected chi connectivity index (χ4v) is 1.92. The minimum absolute atomic E-state index is 0.0890. The molecule has 0 saturated carbocycles. The lowest BCUT2D eigenvalue weighted by Gasteiger charge is -2.11. The Balaban J connectivity index is 2.54. The fourth-order valence-electron chi connectivity index (χ4n) is 1.09. The second-order valence-electron chi connectivity index (χ2n) is 3.70. The number of rotatable bonds is 4. The highest BCUT2D eigenvalue weighted by atomic mass is 127. The first-order chi connectivity index (χ1) is 8.40. The SMILES string of the molecule is CC(CNC(=O)Nc1cc(Br)ccc1I)C(=O)O. The van der Waals surface area contributed by atoms with Gasteiger partial charge in [-0.2, -0.15) is 0 Å². The fraction of sp³-hybridized carbons (Fsp3) is 0.273. The number of carboxylic acid groups (broad SMARTS) is 1. The highest BCUT2D eigenvalue weighted by molar-refractivity contribution is 14.1. The molecule has 7 heteroatoms. The summed E-state index contributed by atoms with van der Waals surface area (Å²) >= 11 is 5.42. The summed E-state index contributed by atoms with van der Waals surface area (Å²) in [4.78, 5) is 22.2. The molecule has 0 fully saturated rings. The summed E-state index contributed by atoms with van der Waals surface area (Å²) in [6.45, 7) is 1.62. The van der Waals surface area contributed by atoms with Crippen LogP contribution in [-0.2, 0) is 4.79 Å². The summed E-state index contributed by atoms with van der Waals surface area (Å²) in [6, 6.07) is 5.10. The number of aliphatic carboxylic acids is 1. The molecular formula is C11H12BrIN2O3. The molecule has 1 atom stereocenters. The molecule has 1 aromatic rings. The van der Waals surface area contributed by atoms with Crippen LogP contribution in [0, 0.1) is 9.49 Å². The number of hydrogen-bond donors (Lipinski definition) is 3. The molecule has 3 N–H and O–H groups in total. The third-order valence-corrected chi connectivity index (χ3v) is 3.60. The maximum atomic E-state index is 11.6. The van der Waals surface area contributed by atoms with Crippen molar-refractivity contribution in [2.24, 2.45) is 5.92 Å². The van der Waals surface area contributed by atoms with Crippen molar-refractivity contribution in [2.45, 2.75) is 6.92 Å². The highest BCUT2D eigenvalue weighted by Crippen LogP contribution is 2.22. The van der Waals surface area contributed by atoms with Gasteiger partial charge < -0.3 is 15.7 Å². The van der Waals surface area contributed by atoms with E-state index in [0.717, 1.165) is 8.04 Å². The minimum atomic E-state index is -0.938. The molecule has 0 aliphatic heterocycles. The van der Waals surface area contributed by atoms with Crippen molar-refractivity contribution < 1.29 is 14.7 Å². The van der Waals surface area contributed by atoms with E-state index in [0.29, 0.717) is 5.69 Å². The van der Waals surface area contributed by atoms with E-state index in [2.05, 4.69) is 49.2 Å². The van der Waals surface area contributed by atoms with Crippen LogP contribution in [0.15, 0.2) is 22.7 Å². The molecule has 0 heterocycles. The number of nitrogens with one attached hydrogen (secondary N) is 2. The first-order valence-corrected chi connectivity index (χ1v) is 7.00. The maximum absolute atomic E-state index is 11.6. The van der Waals surface area contributed by atoms with Crippen LogP contribution in [-0.4, -0.2) is 23.7 Å². The molecule has 98 valence electrons. The van der Waals surface area contributed by atoms with E-state index < -0.39 is 17.9 Å². The zero-order valence-corrected chi connectivity index (χ0v) is 13.3. The second kappa shape index (κ2) is 6.93. The van der Waals surface area contributed by atoms with Crippen LogP contribution < -0.4 is 10.6 Å². The Kier molecular flexibility index (Phi) is 5.86. The first kappa shape index (κ1) is 15.2. The number of anilines is 1. The summed E-state index contributed by atoms with van der Waals surface area (Å²) < 4.78 is 1.76. The van der Waals surface area contributed by atoms with Gasteiger partial charge >= 0.3 is 12.0 Å². The highest BCUT2D eigenvalue weighted by Gasteiger charge is 2.12. The molecule has 0 aliphatic rings. The Bertz CT molecular complexity index is 468. The molecule has 0 spiro atoms. The average molecular weight is 427 g/mol. The Labute approximate surface area is 127 Å². The summed E-state index contributed by atoms with van der Waals surface area (Å²) in [5.74, 6) is -1.55. The summed E-state index contributed by atoms with van der Waals surface area (Å²) in [7, 11) is 0. The van der Waals surface area contributed by atoms with Crippen molar-refractivity contribution in [3.8, 4) is 0 Å². The predicted molar refractivity (Wildman–Crippen MR) is 80.7 cm³/mol. The van der Waals surface area contributed by atoms with Crippen LogP contribution in [0.4, 0.5) is 10.5 Å². The first-order valence-electron chi connectivity index (χ1n) is 5.13. The molecule has 0 bridgehead atoms. The Hall–Kier alpha value is -0.830. The second-order valence-corrected chi connectivity index (χ2v) is 5.78. The van der Waals surface area contributed by atoms with E-state index in [1.54, 1.807) is 6.07 Å². The quantitative estimate of drug-likeness (QED) is 0.647. The molecule has 2 amide bonds. The van der Waals surface area contributed by atoms with Crippen LogP contribution in [0.2, 0.25) is 0 Å². The third-order valence-electron chi connectivity index (χ3n) is 2.17. The van der Waals surface area contributed by atoms with E-state index in [1.165, 1.54) is 6.92 Å². The molecule has 0 radical (unpaired) electrons. The molecule has 1 unspecified atom stereocenters.